The van der Waals surface area contributed by atoms with Crippen LogP contribution in [0.15, 0.2) is 109 Å². The van der Waals surface area contributed by atoms with Crippen molar-refractivity contribution < 1.29 is 0 Å². The molecule has 6 saturated carbocycles. The van der Waals surface area contributed by atoms with Crippen LogP contribution in [0, 0.1) is 17.8 Å². The summed E-state index contributed by atoms with van der Waals surface area (Å²) in [6.45, 7) is 4.89. The molecule has 0 amide bonds. The van der Waals surface area contributed by atoms with Crippen LogP contribution in [0.3, 0.4) is 0 Å². The van der Waals surface area contributed by atoms with Crippen LogP contribution < -0.4 is 4.90 Å². The number of fused-ring (bicyclic) bond motifs is 3. The van der Waals surface area contributed by atoms with Crippen LogP contribution in [0.4, 0.5) is 17.1 Å². The predicted molar refractivity (Wildman–Crippen MR) is 236 cm³/mol. The van der Waals surface area contributed by atoms with Gasteiger partial charge >= 0.3 is 0 Å². The Morgan fingerprint density at radius 3 is 1.57 bits per heavy atom. The standard InChI is InChI=1S/C55H61N/c1-54(2)51-16-10-9-15-49(51)53-50(44-19-17-42(18-20-44)40-11-5-3-6-12-40)32-48(33-52(53)54)56(46-25-21-43(22-26-46)41-13-7-4-8-14-41)47-27-23-45(24-28-47)55-34-37-29-38(35-55)31-39(30-37)36-55/h9-10,15-28,32-33,37-41H,3-8,11-14,29-31,34-36H2,1-2H3. The first-order chi connectivity index (χ1) is 27.4. The molecule has 0 heterocycles. The molecule has 0 unspecified atom stereocenters. The third-order valence-electron chi connectivity index (χ3n) is 16.2. The van der Waals surface area contributed by atoms with Gasteiger partial charge in [-0.3, -0.25) is 0 Å². The number of hydrogen-bond acceptors (Lipinski definition) is 1. The van der Waals surface area contributed by atoms with E-state index in [4.69, 9.17) is 0 Å². The summed E-state index contributed by atoms with van der Waals surface area (Å²) in [6.07, 6.45) is 22.3. The van der Waals surface area contributed by atoms with Crippen molar-refractivity contribution in [1.29, 1.82) is 0 Å². The zero-order valence-corrected chi connectivity index (χ0v) is 34.0. The summed E-state index contributed by atoms with van der Waals surface area (Å²) in [5.41, 5.74) is 17.2. The van der Waals surface area contributed by atoms with E-state index in [0.29, 0.717) is 17.3 Å². The molecule has 5 aromatic carbocycles. The summed E-state index contributed by atoms with van der Waals surface area (Å²) in [7, 11) is 0. The Bertz CT molecular complexity index is 2170. The lowest BCUT2D eigenvalue weighted by atomic mass is 9.48. The number of nitrogens with zero attached hydrogens (tertiary/aromatic N) is 1. The summed E-state index contributed by atoms with van der Waals surface area (Å²) < 4.78 is 0. The second-order valence-electron chi connectivity index (χ2n) is 20.1. The summed E-state index contributed by atoms with van der Waals surface area (Å²) >= 11 is 0. The highest BCUT2D eigenvalue weighted by molar-refractivity contribution is 5.96. The number of anilines is 3. The van der Waals surface area contributed by atoms with Gasteiger partial charge in [-0.15, -0.1) is 0 Å². The monoisotopic (exact) mass is 735 g/mol. The molecule has 0 N–H and O–H groups in total. The number of hydrogen-bond donors (Lipinski definition) is 0. The van der Waals surface area contributed by atoms with Gasteiger partial charge in [-0.05, 0) is 186 Å². The van der Waals surface area contributed by atoms with Gasteiger partial charge in [0.2, 0.25) is 0 Å². The summed E-state index contributed by atoms with van der Waals surface area (Å²) in [5, 5.41) is 0. The molecule has 5 aromatic rings. The first-order valence-electron chi connectivity index (χ1n) is 22.8. The van der Waals surface area contributed by atoms with Crippen LogP contribution in [0.1, 0.15) is 156 Å². The molecule has 1 nitrogen and oxygen atoms in total. The first kappa shape index (κ1) is 35.1. The lowest BCUT2D eigenvalue weighted by Gasteiger charge is -2.57. The van der Waals surface area contributed by atoms with E-state index in [0.717, 1.165) is 17.8 Å². The second-order valence-corrected chi connectivity index (χ2v) is 20.1. The van der Waals surface area contributed by atoms with Gasteiger partial charge in [0, 0.05) is 22.5 Å². The predicted octanol–water partition coefficient (Wildman–Crippen LogP) is 15.7. The molecule has 56 heavy (non-hydrogen) atoms. The average molecular weight is 736 g/mol. The molecule has 0 atom stereocenters. The molecule has 7 aliphatic rings. The Hall–Kier alpha value is -4.10. The van der Waals surface area contributed by atoms with Crippen LogP contribution in [0.25, 0.3) is 22.3 Å². The average Bonchev–Trinajstić information content (AvgIpc) is 3.47. The number of benzene rings is 5. The second kappa shape index (κ2) is 13.8. The third kappa shape index (κ3) is 5.93. The molecule has 6 fully saturated rings. The normalized spacial score (nSPS) is 26.6. The molecular weight excluding hydrogens is 675 g/mol. The lowest BCUT2D eigenvalue weighted by molar-refractivity contribution is -0.00518. The van der Waals surface area contributed by atoms with Gasteiger partial charge < -0.3 is 4.90 Å². The van der Waals surface area contributed by atoms with Gasteiger partial charge in [0.15, 0.2) is 0 Å². The van der Waals surface area contributed by atoms with Crippen molar-refractivity contribution in [3.63, 3.8) is 0 Å². The van der Waals surface area contributed by atoms with Crippen molar-refractivity contribution in [2.45, 2.75) is 139 Å². The maximum Gasteiger partial charge on any atom is 0.0471 e. The zero-order chi connectivity index (χ0) is 37.4. The van der Waals surface area contributed by atoms with Crippen molar-refractivity contribution in [3.8, 4) is 22.3 Å². The number of rotatable bonds is 7. The van der Waals surface area contributed by atoms with Gasteiger partial charge in [0.05, 0.1) is 0 Å². The molecule has 0 aromatic heterocycles. The fraction of sp³-hybridized carbons (Fsp3) is 0.455. The van der Waals surface area contributed by atoms with Crippen LogP contribution in [0.2, 0.25) is 0 Å². The summed E-state index contributed by atoms with van der Waals surface area (Å²) in [5.74, 6) is 4.27. The Morgan fingerprint density at radius 2 is 1.00 bits per heavy atom. The van der Waals surface area contributed by atoms with E-state index >= 15 is 0 Å². The van der Waals surface area contributed by atoms with Crippen molar-refractivity contribution >= 4 is 17.1 Å². The van der Waals surface area contributed by atoms with Crippen molar-refractivity contribution in [3.05, 3.63) is 137 Å². The fourth-order valence-corrected chi connectivity index (χ4v) is 13.7. The maximum absolute atomic E-state index is 2.59. The summed E-state index contributed by atoms with van der Waals surface area (Å²) in [6, 6.07) is 43.9. The van der Waals surface area contributed by atoms with E-state index in [1.807, 2.05) is 0 Å². The smallest absolute Gasteiger partial charge is 0.0471 e. The minimum absolute atomic E-state index is 0.0996. The van der Waals surface area contributed by atoms with Crippen LogP contribution in [0.5, 0.6) is 0 Å². The molecular formula is C55H61N. The largest absolute Gasteiger partial charge is 0.310 e. The minimum Gasteiger partial charge on any atom is -0.310 e. The van der Waals surface area contributed by atoms with Crippen LogP contribution >= 0.6 is 0 Å². The molecule has 0 aliphatic heterocycles. The van der Waals surface area contributed by atoms with Gasteiger partial charge in [-0.25, -0.2) is 0 Å². The van der Waals surface area contributed by atoms with Crippen molar-refractivity contribution in [2.24, 2.45) is 17.8 Å². The third-order valence-corrected chi connectivity index (χ3v) is 16.2. The van der Waals surface area contributed by atoms with Gasteiger partial charge in [0.25, 0.3) is 0 Å². The zero-order valence-electron chi connectivity index (χ0n) is 34.0. The van der Waals surface area contributed by atoms with Crippen molar-refractivity contribution in [1.82, 2.24) is 0 Å². The van der Waals surface area contributed by atoms with Crippen LogP contribution in [-0.4, -0.2) is 0 Å². The van der Waals surface area contributed by atoms with Crippen molar-refractivity contribution in [2.75, 3.05) is 4.90 Å². The van der Waals surface area contributed by atoms with E-state index < -0.39 is 0 Å². The Balaban J connectivity index is 1.05. The van der Waals surface area contributed by atoms with E-state index in [9.17, 15) is 0 Å². The molecule has 4 bridgehead atoms. The van der Waals surface area contributed by atoms with Gasteiger partial charge in [-0.2, -0.15) is 0 Å². The SMILES string of the molecule is CC1(C)c2ccccc2-c2c(-c3ccc(C4CCCCC4)cc3)cc(N(c3ccc(C4CCCCC4)cc3)c3ccc(C45CC6CC(CC(C6)C4)C5)cc3)cc21. The highest BCUT2D eigenvalue weighted by Crippen LogP contribution is 2.61. The highest BCUT2D eigenvalue weighted by atomic mass is 15.1. The first-order valence-corrected chi connectivity index (χ1v) is 22.8. The molecule has 7 aliphatic carbocycles. The van der Waals surface area contributed by atoms with E-state index in [1.165, 1.54) is 164 Å². The molecule has 1 heteroatoms. The van der Waals surface area contributed by atoms with Gasteiger partial charge in [0.1, 0.15) is 0 Å². The van der Waals surface area contributed by atoms with E-state index in [1.54, 1.807) is 5.56 Å². The van der Waals surface area contributed by atoms with Crippen LogP contribution in [-0.2, 0) is 10.8 Å². The molecule has 0 radical (unpaired) electrons. The topological polar surface area (TPSA) is 3.24 Å². The van der Waals surface area contributed by atoms with E-state index in [-0.39, 0.29) is 5.41 Å². The Kier molecular flexibility index (Phi) is 8.64. The quantitative estimate of drug-likeness (QED) is 0.161. The van der Waals surface area contributed by atoms with E-state index in [2.05, 4.69) is 128 Å². The van der Waals surface area contributed by atoms with Gasteiger partial charge in [-0.1, -0.05) is 125 Å². The maximum atomic E-state index is 2.59. The lowest BCUT2D eigenvalue weighted by Crippen LogP contribution is -2.48. The minimum atomic E-state index is -0.0996. The Labute approximate surface area is 337 Å². The molecule has 0 spiro atoms. The Morgan fingerprint density at radius 1 is 0.482 bits per heavy atom. The highest BCUT2D eigenvalue weighted by Gasteiger charge is 2.51. The fourth-order valence-electron chi connectivity index (χ4n) is 13.7. The summed E-state index contributed by atoms with van der Waals surface area (Å²) in [4.78, 5) is 2.59. The molecule has 286 valence electrons. The molecule has 12 rings (SSSR count). The molecule has 0 saturated heterocycles.